The summed E-state index contributed by atoms with van der Waals surface area (Å²) in [6.07, 6.45) is 4.68. The number of carboxylic acid groups (broad SMARTS) is 1. The van der Waals surface area contributed by atoms with E-state index in [-0.39, 0.29) is 34.4 Å². The van der Waals surface area contributed by atoms with E-state index in [0.717, 1.165) is 54.1 Å². The van der Waals surface area contributed by atoms with Crippen molar-refractivity contribution in [2.75, 3.05) is 24.3 Å². The van der Waals surface area contributed by atoms with Crippen LogP contribution in [-0.2, 0) is 16.4 Å². The molecule has 0 aliphatic heterocycles. The second kappa shape index (κ2) is 12.7. The monoisotopic (exact) mass is 606 g/mol. The van der Waals surface area contributed by atoms with E-state index in [2.05, 4.69) is 32.2 Å². The number of fused-ring (bicyclic) bond motifs is 1. The van der Waals surface area contributed by atoms with Crippen molar-refractivity contribution in [1.29, 1.82) is 0 Å². The van der Waals surface area contributed by atoms with Crippen LogP contribution in [0.3, 0.4) is 0 Å². The van der Waals surface area contributed by atoms with Gasteiger partial charge in [-0.3, -0.25) is 4.72 Å². The Balaban J connectivity index is 1.38. The van der Waals surface area contributed by atoms with E-state index in [1.54, 1.807) is 36.5 Å². The average Bonchev–Trinajstić information content (AvgIpc) is 3.01. The third-order valence-corrected chi connectivity index (χ3v) is 8.89. The van der Waals surface area contributed by atoms with Crippen LogP contribution in [0.5, 0.6) is 11.6 Å². The molecule has 43 heavy (non-hydrogen) atoms. The van der Waals surface area contributed by atoms with Crippen molar-refractivity contribution in [3.63, 3.8) is 0 Å². The van der Waals surface area contributed by atoms with Crippen LogP contribution < -0.4 is 24.8 Å². The quantitative estimate of drug-likeness (QED) is 0.192. The summed E-state index contributed by atoms with van der Waals surface area (Å²) in [6, 6.07) is 13.8. The molecule has 0 atom stereocenters. The first-order chi connectivity index (χ1) is 20.7. The Morgan fingerprint density at radius 3 is 2.44 bits per heavy atom. The lowest BCUT2D eigenvalue weighted by atomic mass is 9.91. The number of rotatable bonds is 10. The summed E-state index contributed by atoms with van der Waals surface area (Å²) in [5.74, 6) is 1.13. The molecule has 4 aromatic rings. The van der Waals surface area contributed by atoms with Crippen molar-refractivity contribution in [3.8, 4) is 22.8 Å². The van der Waals surface area contributed by atoms with Crippen LogP contribution in [0.15, 0.2) is 59.6 Å². The van der Waals surface area contributed by atoms with Crippen LogP contribution in [0.25, 0.3) is 22.0 Å². The van der Waals surface area contributed by atoms with Gasteiger partial charge in [0.15, 0.2) is 0 Å². The molecule has 0 bridgehead atoms. The number of hydrogen-bond acceptors (Lipinski definition) is 9. The van der Waals surface area contributed by atoms with Crippen LogP contribution in [-0.4, -0.2) is 60.9 Å². The molecule has 2 aromatic heterocycles. The average molecular weight is 607 g/mol. The lowest BCUT2D eigenvalue weighted by molar-refractivity contribution is 0.185. The minimum atomic E-state index is -3.96. The number of nitrogens with one attached hydrogen (secondary N) is 3. The molecule has 1 fully saturated rings. The van der Waals surface area contributed by atoms with Gasteiger partial charge < -0.3 is 25.2 Å². The number of methoxy groups -OCH3 is 2. The van der Waals surface area contributed by atoms with E-state index < -0.39 is 16.1 Å². The summed E-state index contributed by atoms with van der Waals surface area (Å²) in [6.45, 7) is 2.05. The molecular formula is C30H34N6O6S. The molecule has 1 amide bonds. The van der Waals surface area contributed by atoms with Crippen molar-refractivity contribution >= 4 is 38.8 Å². The van der Waals surface area contributed by atoms with Gasteiger partial charge in [0.05, 0.1) is 19.7 Å². The standard InChI is InChI=1S/C30H34N6O6S/c1-4-18-15-19(16-20-17-31-29(35-27(18)20)32-21-9-11-22(12-10-21)33-30(37)38)23-13-14-26(34-28(23)42-3)36-43(39,40)25-8-6-5-7-24(25)41-2/h5-8,13-17,21-22,33H,4,9-12H2,1-3H3,(H,34,36)(H,37,38)(H,31,32,35)/t21-,22-. The number of amides is 1. The Morgan fingerprint density at radius 2 is 1.74 bits per heavy atom. The van der Waals surface area contributed by atoms with E-state index in [1.165, 1.54) is 20.3 Å². The van der Waals surface area contributed by atoms with E-state index >= 15 is 0 Å². The van der Waals surface area contributed by atoms with Gasteiger partial charge in [-0.2, -0.15) is 4.98 Å². The topological polar surface area (TPSA) is 165 Å². The van der Waals surface area contributed by atoms with Gasteiger partial charge in [-0.05, 0) is 79.6 Å². The lowest BCUT2D eigenvalue weighted by Gasteiger charge is -2.28. The molecule has 2 aromatic carbocycles. The van der Waals surface area contributed by atoms with Gasteiger partial charge in [0.25, 0.3) is 10.0 Å². The van der Waals surface area contributed by atoms with Crippen LogP contribution >= 0.6 is 0 Å². The molecular weight excluding hydrogens is 572 g/mol. The number of benzene rings is 2. The molecule has 4 N–H and O–H groups in total. The molecule has 5 rings (SSSR count). The number of pyridine rings is 1. The number of sulfonamides is 1. The maximum Gasteiger partial charge on any atom is 0.404 e. The highest BCUT2D eigenvalue weighted by Crippen LogP contribution is 2.34. The van der Waals surface area contributed by atoms with Crippen LogP contribution in [0.1, 0.15) is 38.2 Å². The Morgan fingerprint density at radius 1 is 1.00 bits per heavy atom. The molecule has 2 heterocycles. The smallest absolute Gasteiger partial charge is 0.404 e. The zero-order valence-electron chi connectivity index (χ0n) is 24.1. The minimum Gasteiger partial charge on any atom is -0.495 e. The molecule has 13 heteroatoms. The lowest BCUT2D eigenvalue weighted by Crippen LogP contribution is -2.39. The highest BCUT2D eigenvalue weighted by atomic mass is 32.2. The molecule has 0 spiro atoms. The van der Waals surface area contributed by atoms with Crippen molar-refractivity contribution < 1.29 is 27.8 Å². The summed E-state index contributed by atoms with van der Waals surface area (Å²) in [4.78, 5) is 24.7. The fourth-order valence-electron chi connectivity index (χ4n) is 5.36. The van der Waals surface area contributed by atoms with Crippen molar-refractivity contribution in [1.82, 2.24) is 20.3 Å². The zero-order valence-corrected chi connectivity index (χ0v) is 24.9. The van der Waals surface area contributed by atoms with Gasteiger partial charge in [-0.15, -0.1) is 0 Å². The molecule has 0 saturated heterocycles. The first-order valence-corrected chi connectivity index (χ1v) is 15.5. The van der Waals surface area contributed by atoms with E-state index in [9.17, 15) is 13.2 Å². The van der Waals surface area contributed by atoms with E-state index in [1.807, 2.05) is 12.1 Å². The van der Waals surface area contributed by atoms with Crippen molar-refractivity contribution in [2.45, 2.75) is 56.0 Å². The predicted molar refractivity (Wildman–Crippen MR) is 163 cm³/mol. The summed E-state index contributed by atoms with van der Waals surface area (Å²) in [5, 5.41) is 15.8. The van der Waals surface area contributed by atoms with Crippen LogP contribution in [0, 0.1) is 0 Å². The fraction of sp³-hybridized carbons (Fsp3) is 0.333. The number of anilines is 2. The molecule has 1 aliphatic carbocycles. The Kier molecular flexibility index (Phi) is 8.81. The second-order valence-corrected chi connectivity index (χ2v) is 11.9. The molecule has 226 valence electrons. The third kappa shape index (κ3) is 6.72. The van der Waals surface area contributed by atoms with Gasteiger partial charge in [-0.25, -0.2) is 23.2 Å². The van der Waals surface area contributed by atoms with Gasteiger partial charge >= 0.3 is 6.09 Å². The van der Waals surface area contributed by atoms with Gasteiger partial charge in [0.1, 0.15) is 16.5 Å². The van der Waals surface area contributed by atoms with Crippen LogP contribution in [0.2, 0.25) is 0 Å². The summed E-state index contributed by atoms with van der Waals surface area (Å²) < 4.78 is 39.4. The van der Waals surface area contributed by atoms with Gasteiger partial charge in [-0.1, -0.05) is 19.1 Å². The second-order valence-electron chi connectivity index (χ2n) is 10.3. The predicted octanol–water partition coefficient (Wildman–Crippen LogP) is 5.06. The van der Waals surface area contributed by atoms with Crippen LogP contribution in [0.4, 0.5) is 16.6 Å². The Bertz CT molecular complexity index is 1740. The van der Waals surface area contributed by atoms with E-state index in [4.69, 9.17) is 19.6 Å². The van der Waals surface area contributed by atoms with E-state index in [0.29, 0.717) is 11.5 Å². The Labute approximate surface area is 249 Å². The minimum absolute atomic E-state index is 0.00111. The number of hydrogen-bond donors (Lipinski definition) is 4. The molecule has 1 saturated carbocycles. The highest BCUT2D eigenvalue weighted by Gasteiger charge is 2.24. The SMILES string of the molecule is CCc1cc(-c2ccc(NS(=O)(=O)c3ccccc3OC)nc2OC)cc2cnc(N[C@H]3CC[C@H](NC(=O)O)CC3)nc12. The molecule has 0 unspecified atom stereocenters. The number of aromatic nitrogens is 3. The first kappa shape index (κ1) is 29.8. The summed E-state index contributed by atoms with van der Waals surface area (Å²) >= 11 is 0. The first-order valence-electron chi connectivity index (χ1n) is 14.0. The Hall–Kier alpha value is -4.65. The summed E-state index contributed by atoms with van der Waals surface area (Å²) in [7, 11) is -1.07. The largest absolute Gasteiger partial charge is 0.495 e. The number of carbonyl (C=O) groups is 1. The van der Waals surface area contributed by atoms with Gasteiger partial charge in [0, 0.05) is 29.2 Å². The number of aryl methyl sites for hydroxylation is 1. The van der Waals surface area contributed by atoms with Crippen molar-refractivity contribution in [3.05, 3.63) is 60.3 Å². The number of para-hydroxylation sites is 1. The fourth-order valence-corrected chi connectivity index (χ4v) is 6.53. The zero-order chi connectivity index (χ0) is 30.6. The number of ether oxygens (including phenoxy) is 2. The maximum absolute atomic E-state index is 13.1. The maximum atomic E-state index is 13.1. The molecule has 1 aliphatic rings. The highest BCUT2D eigenvalue weighted by molar-refractivity contribution is 7.92. The van der Waals surface area contributed by atoms with Gasteiger partial charge in [0.2, 0.25) is 11.8 Å². The normalized spacial score (nSPS) is 16.8. The third-order valence-electron chi connectivity index (χ3n) is 7.49. The number of nitrogens with zero attached hydrogens (tertiary/aromatic N) is 3. The molecule has 12 nitrogen and oxygen atoms in total. The molecule has 0 radical (unpaired) electrons. The summed E-state index contributed by atoms with van der Waals surface area (Å²) in [5.41, 5.74) is 3.36. The van der Waals surface area contributed by atoms with Crippen molar-refractivity contribution in [2.24, 2.45) is 0 Å².